The van der Waals surface area contributed by atoms with Gasteiger partial charge >= 0.3 is 0 Å². The third kappa shape index (κ3) is 3.14. The van der Waals surface area contributed by atoms with Crippen LogP contribution in [0.5, 0.6) is 0 Å². The van der Waals surface area contributed by atoms with Crippen molar-refractivity contribution < 1.29 is 8.78 Å². The van der Waals surface area contributed by atoms with Crippen molar-refractivity contribution in [3.63, 3.8) is 0 Å². The molecule has 0 unspecified atom stereocenters. The molecule has 0 atom stereocenters. The number of aromatic amines is 1. The van der Waals surface area contributed by atoms with Gasteiger partial charge in [-0.25, -0.2) is 4.98 Å². The Morgan fingerprint density at radius 2 is 1.94 bits per heavy atom. The molecule has 2 aromatic rings. The number of nitrogens with zero attached hydrogens (tertiary/aromatic N) is 1. The summed E-state index contributed by atoms with van der Waals surface area (Å²) in [5, 5.41) is 0. The van der Waals surface area contributed by atoms with E-state index in [1.165, 1.54) is 0 Å². The standard InChI is InChI=1S/C12H10F2N2S2/c1-7-6-15-12(17)16-10(7)8-2-4-9(5-3-8)18-11(13)14/h2-6,11H,1H3,(H,15,16,17). The Kier molecular flexibility index (Phi) is 4.08. The first kappa shape index (κ1) is 13.2. The summed E-state index contributed by atoms with van der Waals surface area (Å²) in [6, 6.07) is 6.92. The predicted molar refractivity (Wildman–Crippen MR) is 71.5 cm³/mol. The smallest absolute Gasteiger partial charge is 0.288 e. The molecule has 0 saturated heterocycles. The first-order valence-electron chi connectivity index (χ1n) is 5.17. The molecule has 0 spiro atoms. The SMILES string of the molecule is Cc1cnc(=S)[nH]c1-c1ccc(SC(F)F)cc1. The fourth-order valence-corrected chi connectivity index (χ4v) is 2.21. The second-order valence-electron chi connectivity index (χ2n) is 3.65. The molecule has 0 amide bonds. The normalized spacial score (nSPS) is 10.9. The van der Waals surface area contributed by atoms with Gasteiger partial charge in [0.15, 0.2) is 4.77 Å². The van der Waals surface area contributed by atoms with Gasteiger partial charge in [-0.05, 0) is 42.4 Å². The van der Waals surface area contributed by atoms with Gasteiger partial charge in [0.25, 0.3) is 5.76 Å². The maximum absolute atomic E-state index is 12.2. The van der Waals surface area contributed by atoms with Crippen LogP contribution in [0.1, 0.15) is 5.56 Å². The molecule has 0 aliphatic carbocycles. The van der Waals surface area contributed by atoms with Gasteiger partial charge in [-0.15, -0.1) is 0 Å². The third-order valence-electron chi connectivity index (χ3n) is 2.37. The molecule has 2 rings (SSSR count). The molecule has 1 aromatic heterocycles. The molecule has 6 heteroatoms. The highest BCUT2D eigenvalue weighted by Gasteiger charge is 2.06. The van der Waals surface area contributed by atoms with Crippen molar-refractivity contribution in [2.24, 2.45) is 0 Å². The quantitative estimate of drug-likeness (QED) is 0.667. The summed E-state index contributed by atoms with van der Waals surface area (Å²) in [4.78, 5) is 7.52. The Hall–Kier alpha value is -1.27. The number of rotatable bonds is 3. The number of H-pyrrole nitrogens is 1. The van der Waals surface area contributed by atoms with E-state index in [2.05, 4.69) is 9.97 Å². The second-order valence-corrected chi connectivity index (χ2v) is 5.10. The monoisotopic (exact) mass is 284 g/mol. The molecule has 2 nitrogen and oxygen atoms in total. The van der Waals surface area contributed by atoms with Crippen LogP contribution >= 0.6 is 24.0 Å². The maximum Gasteiger partial charge on any atom is 0.288 e. The van der Waals surface area contributed by atoms with Gasteiger partial charge in [0.2, 0.25) is 0 Å². The first-order valence-corrected chi connectivity index (χ1v) is 6.46. The molecule has 0 aliphatic heterocycles. The van der Waals surface area contributed by atoms with Crippen molar-refractivity contribution in [3.05, 3.63) is 40.8 Å². The van der Waals surface area contributed by atoms with Crippen LogP contribution in [0.2, 0.25) is 0 Å². The molecule has 1 heterocycles. The number of hydrogen-bond acceptors (Lipinski definition) is 3. The Bertz CT molecular complexity index is 594. The number of thioether (sulfide) groups is 1. The number of aromatic nitrogens is 2. The lowest BCUT2D eigenvalue weighted by atomic mass is 10.1. The summed E-state index contributed by atoms with van der Waals surface area (Å²) < 4.78 is 24.8. The Morgan fingerprint density at radius 1 is 1.28 bits per heavy atom. The minimum atomic E-state index is -2.40. The molecule has 0 aliphatic rings. The van der Waals surface area contributed by atoms with E-state index in [1.54, 1.807) is 30.5 Å². The molecule has 18 heavy (non-hydrogen) atoms. The van der Waals surface area contributed by atoms with Crippen LogP contribution < -0.4 is 0 Å². The van der Waals surface area contributed by atoms with Crippen molar-refractivity contribution in [2.45, 2.75) is 17.6 Å². The lowest BCUT2D eigenvalue weighted by molar-refractivity contribution is 0.252. The van der Waals surface area contributed by atoms with Gasteiger partial charge in [-0.1, -0.05) is 23.9 Å². The highest BCUT2D eigenvalue weighted by Crippen LogP contribution is 2.28. The summed E-state index contributed by atoms with van der Waals surface area (Å²) in [7, 11) is 0. The highest BCUT2D eigenvalue weighted by molar-refractivity contribution is 7.99. The molecule has 0 fully saturated rings. The van der Waals surface area contributed by atoms with E-state index in [-0.39, 0.29) is 0 Å². The zero-order valence-electron chi connectivity index (χ0n) is 9.48. The Morgan fingerprint density at radius 3 is 2.56 bits per heavy atom. The molecule has 0 radical (unpaired) electrons. The van der Waals surface area contributed by atoms with Gasteiger partial charge in [-0.3, -0.25) is 0 Å². The van der Waals surface area contributed by atoms with E-state index in [1.807, 2.05) is 6.92 Å². The summed E-state index contributed by atoms with van der Waals surface area (Å²) in [6.07, 6.45) is 1.69. The van der Waals surface area contributed by atoms with Crippen LogP contribution in [0, 0.1) is 11.7 Å². The Balaban J connectivity index is 2.34. The lowest BCUT2D eigenvalue weighted by Gasteiger charge is -2.06. The van der Waals surface area contributed by atoms with Crippen LogP contribution in [0.3, 0.4) is 0 Å². The van der Waals surface area contributed by atoms with Crippen LogP contribution in [0.4, 0.5) is 8.78 Å². The van der Waals surface area contributed by atoms with Gasteiger partial charge in [0.1, 0.15) is 0 Å². The van der Waals surface area contributed by atoms with E-state index >= 15 is 0 Å². The zero-order valence-corrected chi connectivity index (χ0v) is 11.1. The minimum absolute atomic E-state index is 0.404. The number of aryl methyl sites for hydroxylation is 1. The molecule has 1 N–H and O–H groups in total. The second kappa shape index (κ2) is 5.58. The fraction of sp³-hybridized carbons (Fsp3) is 0.167. The number of nitrogens with one attached hydrogen (secondary N) is 1. The molecule has 94 valence electrons. The van der Waals surface area contributed by atoms with Crippen LogP contribution in [0.15, 0.2) is 35.4 Å². The third-order valence-corrected chi connectivity index (χ3v) is 3.30. The average Bonchev–Trinajstić information content (AvgIpc) is 2.33. The molecule has 0 bridgehead atoms. The summed E-state index contributed by atoms with van der Waals surface area (Å²) in [5.74, 6) is -2.40. The number of hydrogen-bond donors (Lipinski definition) is 1. The van der Waals surface area contributed by atoms with E-state index in [0.717, 1.165) is 16.8 Å². The summed E-state index contributed by atoms with van der Waals surface area (Å²) in [6.45, 7) is 1.91. The van der Waals surface area contributed by atoms with Crippen LogP contribution in [0.25, 0.3) is 11.3 Å². The van der Waals surface area contributed by atoms with Gasteiger partial charge < -0.3 is 4.98 Å². The number of halogens is 2. The minimum Gasteiger partial charge on any atom is -0.330 e. The maximum atomic E-state index is 12.2. The van der Waals surface area contributed by atoms with Gasteiger partial charge in [0.05, 0.1) is 5.69 Å². The summed E-state index contributed by atoms with van der Waals surface area (Å²) in [5.41, 5.74) is 2.72. The zero-order chi connectivity index (χ0) is 13.1. The highest BCUT2D eigenvalue weighted by atomic mass is 32.2. The molecule has 0 saturated carbocycles. The largest absolute Gasteiger partial charge is 0.330 e. The van der Waals surface area contributed by atoms with Crippen molar-refractivity contribution >= 4 is 24.0 Å². The van der Waals surface area contributed by atoms with Gasteiger partial charge in [-0.2, -0.15) is 8.78 Å². The fourth-order valence-electron chi connectivity index (χ4n) is 1.56. The molecular weight excluding hydrogens is 274 g/mol. The predicted octanol–water partition coefficient (Wildman–Crippen LogP) is 4.43. The molecule has 1 aromatic carbocycles. The average molecular weight is 284 g/mol. The first-order chi connectivity index (χ1) is 8.56. The Labute approximate surface area is 112 Å². The van der Waals surface area contributed by atoms with E-state index < -0.39 is 5.76 Å². The van der Waals surface area contributed by atoms with Crippen LogP contribution in [-0.4, -0.2) is 15.7 Å². The van der Waals surface area contributed by atoms with E-state index in [4.69, 9.17) is 12.2 Å². The van der Waals surface area contributed by atoms with E-state index in [9.17, 15) is 8.78 Å². The van der Waals surface area contributed by atoms with Gasteiger partial charge in [0, 0.05) is 11.1 Å². The summed E-state index contributed by atoms with van der Waals surface area (Å²) >= 11 is 5.51. The molecular formula is C12H10F2N2S2. The lowest BCUT2D eigenvalue weighted by Crippen LogP contribution is -1.91. The number of benzene rings is 1. The van der Waals surface area contributed by atoms with Crippen molar-refractivity contribution in [2.75, 3.05) is 0 Å². The van der Waals surface area contributed by atoms with E-state index in [0.29, 0.717) is 21.4 Å². The topological polar surface area (TPSA) is 28.7 Å². The number of alkyl halides is 2. The van der Waals surface area contributed by atoms with Crippen molar-refractivity contribution in [1.29, 1.82) is 0 Å². The van der Waals surface area contributed by atoms with Crippen LogP contribution in [-0.2, 0) is 0 Å². The van der Waals surface area contributed by atoms with Crippen molar-refractivity contribution in [1.82, 2.24) is 9.97 Å². The van der Waals surface area contributed by atoms with Crippen molar-refractivity contribution in [3.8, 4) is 11.3 Å².